The van der Waals surface area contributed by atoms with E-state index in [1.165, 1.54) is 16.2 Å². The Hall–Kier alpha value is -1.74. The van der Waals surface area contributed by atoms with Gasteiger partial charge < -0.3 is 5.32 Å². The maximum Gasteiger partial charge on any atom is 0.233 e. The quantitative estimate of drug-likeness (QED) is 0.358. The average Bonchev–Trinajstić information content (AvgIpc) is 3.10. The van der Waals surface area contributed by atoms with E-state index in [9.17, 15) is 14.4 Å². The number of hydrogen-bond acceptors (Lipinski definition) is 7. The second kappa shape index (κ2) is 7.43. The minimum atomic E-state index is -0.271. The Morgan fingerprint density at radius 1 is 1.29 bits per heavy atom. The first kappa shape index (κ1) is 17.1. The van der Waals surface area contributed by atoms with E-state index in [4.69, 9.17) is 0 Å². The number of likely N-dealkylation sites (tertiary alicyclic amines) is 1. The van der Waals surface area contributed by atoms with Crippen LogP contribution in [0.4, 0.5) is 5.13 Å². The lowest BCUT2D eigenvalue weighted by Crippen LogP contribution is -2.34. The molecule has 2 aliphatic rings. The highest BCUT2D eigenvalue weighted by molar-refractivity contribution is 8.01. The Morgan fingerprint density at radius 3 is 2.58 bits per heavy atom. The van der Waals surface area contributed by atoms with Gasteiger partial charge in [0.05, 0.1) is 11.8 Å². The van der Waals surface area contributed by atoms with E-state index in [2.05, 4.69) is 15.5 Å². The van der Waals surface area contributed by atoms with Gasteiger partial charge >= 0.3 is 0 Å². The van der Waals surface area contributed by atoms with Crippen molar-refractivity contribution in [3.63, 3.8) is 0 Å². The number of nitrogens with zero attached hydrogens (tertiary/aromatic N) is 3. The van der Waals surface area contributed by atoms with Crippen LogP contribution in [0.5, 0.6) is 0 Å². The largest absolute Gasteiger partial charge is 0.300 e. The van der Waals surface area contributed by atoms with Gasteiger partial charge in [-0.1, -0.05) is 42.2 Å². The number of thioether (sulfide) groups is 1. The maximum absolute atomic E-state index is 12.3. The van der Waals surface area contributed by atoms with Crippen LogP contribution >= 0.6 is 23.1 Å². The molecule has 1 aliphatic heterocycles. The van der Waals surface area contributed by atoms with Gasteiger partial charge in [0, 0.05) is 13.0 Å². The number of fused-ring (bicyclic) bond motifs is 1. The highest BCUT2D eigenvalue weighted by Gasteiger charge is 2.46. The number of allylic oxidation sites excluding steroid dienone is 2. The smallest absolute Gasteiger partial charge is 0.233 e. The van der Waals surface area contributed by atoms with Crippen molar-refractivity contribution in [2.45, 2.75) is 30.5 Å². The molecule has 9 heteroatoms. The van der Waals surface area contributed by atoms with Crippen LogP contribution in [0.1, 0.15) is 26.2 Å². The Morgan fingerprint density at radius 2 is 1.96 bits per heavy atom. The number of carbonyl (C=O) groups is 3. The van der Waals surface area contributed by atoms with Crippen molar-refractivity contribution in [1.29, 1.82) is 0 Å². The highest BCUT2D eigenvalue weighted by atomic mass is 32.2. The molecular formula is C15H18N4O3S2. The van der Waals surface area contributed by atoms with Crippen molar-refractivity contribution in [3.05, 3.63) is 12.2 Å². The Labute approximate surface area is 147 Å². The van der Waals surface area contributed by atoms with Gasteiger partial charge in [-0.3, -0.25) is 19.3 Å². The van der Waals surface area contributed by atoms with Crippen LogP contribution in [-0.4, -0.2) is 45.1 Å². The van der Waals surface area contributed by atoms with Crippen LogP contribution < -0.4 is 5.32 Å². The normalized spacial score (nSPS) is 22.8. The third kappa shape index (κ3) is 3.51. The molecule has 3 rings (SSSR count). The number of amides is 3. The summed E-state index contributed by atoms with van der Waals surface area (Å²) in [4.78, 5) is 37.9. The molecule has 7 nitrogen and oxygen atoms in total. The number of hydrogen-bond donors (Lipinski definition) is 1. The molecule has 0 aromatic carbocycles. The zero-order chi connectivity index (χ0) is 17.1. The zero-order valence-electron chi connectivity index (χ0n) is 13.2. The zero-order valence-corrected chi connectivity index (χ0v) is 14.9. The summed E-state index contributed by atoms with van der Waals surface area (Å²) in [5.74, 6) is -0.184. The van der Waals surface area contributed by atoms with Gasteiger partial charge in [0.25, 0.3) is 0 Å². The van der Waals surface area contributed by atoms with Crippen molar-refractivity contribution in [2.75, 3.05) is 17.6 Å². The molecule has 128 valence electrons. The Bertz CT molecular complexity index is 662. The SMILES string of the molecule is CCSc1nnc(NC(=O)CCN2C(=O)[C@H]3CC=CC[C@H]3C2=O)s1. The minimum absolute atomic E-state index is 0.0696. The molecule has 24 heavy (non-hydrogen) atoms. The molecule has 0 radical (unpaired) electrons. The average molecular weight is 366 g/mol. The van der Waals surface area contributed by atoms with Gasteiger partial charge in [-0.05, 0) is 18.6 Å². The number of nitrogens with one attached hydrogen (secondary N) is 1. The van der Waals surface area contributed by atoms with Crippen molar-refractivity contribution < 1.29 is 14.4 Å². The standard InChI is InChI=1S/C15H18N4O3S2/c1-2-23-15-18-17-14(24-15)16-11(20)7-8-19-12(21)9-5-3-4-6-10(9)13(19)22/h3-4,9-10H,2,5-8H2,1H3,(H,16,17,20)/t9-,10+. The molecule has 2 heterocycles. The summed E-state index contributed by atoms with van der Waals surface area (Å²) in [5, 5.41) is 11.0. The summed E-state index contributed by atoms with van der Waals surface area (Å²) in [7, 11) is 0. The molecule has 0 bridgehead atoms. The summed E-state index contributed by atoms with van der Waals surface area (Å²) in [5.41, 5.74) is 0. The third-order valence-electron chi connectivity index (χ3n) is 4.08. The molecule has 1 aromatic rings. The van der Waals surface area contributed by atoms with Gasteiger partial charge in [0.2, 0.25) is 22.9 Å². The maximum atomic E-state index is 12.3. The van der Waals surface area contributed by atoms with Crippen LogP contribution in [0.15, 0.2) is 16.5 Å². The van der Waals surface area contributed by atoms with Crippen molar-refractivity contribution in [2.24, 2.45) is 11.8 Å². The predicted molar refractivity (Wildman–Crippen MR) is 91.6 cm³/mol. The van der Waals surface area contributed by atoms with Crippen molar-refractivity contribution in [3.8, 4) is 0 Å². The van der Waals surface area contributed by atoms with E-state index in [-0.39, 0.29) is 42.5 Å². The van der Waals surface area contributed by atoms with Gasteiger partial charge in [-0.25, -0.2) is 0 Å². The summed E-state index contributed by atoms with van der Waals surface area (Å²) < 4.78 is 0.800. The van der Waals surface area contributed by atoms with Crippen LogP contribution in [-0.2, 0) is 14.4 Å². The molecule has 0 unspecified atom stereocenters. The molecule has 1 saturated heterocycles. The van der Waals surface area contributed by atoms with Gasteiger partial charge in [-0.15, -0.1) is 10.2 Å². The lowest BCUT2D eigenvalue weighted by atomic mass is 9.85. The molecule has 1 aromatic heterocycles. The summed E-state index contributed by atoms with van der Waals surface area (Å²) in [6.07, 6.45) is 5.19. The predicted octanol–water partition coefficient (Wildman–Crippen LogP) is 1.93. The third-order valence-corrected chi connectivity index (χ3v) is 5.94. The van der Waals surface area contributed by atoms with Crippen LogP contribution in [0, 0.1) is 11.8 Å². The fourth-order valence-electron chi connectivity index (χ4n) is 2.93. The molecule has 3 amide bonds. The fourth-order valence-corrected chi connectivity index (χ4v) is 4.59. The number of anilines is 1. The van der Waals surface area contributed by atoms with E-state index in [1.807, 2.05) is 19.1 Å². The van der Waals surface area contributed by atoms with Gasteiger partial charge in [0.15, 0.2) is 4.34 Å². The highest BCUT2D eigenvalue weighted by Crippen LogP contribution is 2.35. The summed E-state index contributed by atoms with van der Waals surface area (Å²) >= 11 is 2.87. The second-order valence-corrected chi connectivity index (χ2v) is 8.08. The molecule has 0 saturated carbocycles. The number of carbonyl (C=O) groups excluding carboxylic acids is 3. The lowest BCUT2D eigenvalue weighted by Gasteiger charge is -2.14. The van der Waals surface area contributed by atoms with Gasteiger partial charge in [-0.2, -0.15) is 0 Å². The number of aromatic nitrogens is 2. The molecule has 1 fully saturated rings. The Kier molecular flexibility index (Phi) is 5.30. The number of imide groups is 1. The summed E-state index contributed by atoms with van der Waals surface area (Å²) in [6.45, 7) is 2.13. The first-order valence-electron chi connectivity index (χ1n) is 7.86. The van der Waals surface area contributed by atoms with E-state index in [1.54, 1.807) is 11.8 Å². The van der Waals surface area contributed by atoms with Gasteiger partial charge in [0.1, 0.15) is 0 Å². The van der Waals surface area contributed by atoms with E-state index >= 15 is 0 Å². The first-order chi connectivity index (χ1) is 11.6. The van der Waals surface area contributed by atoms with Crippen molar-refractivity contribution >= 4 is 46.0 Å². The lowest BCUT2D eigenvalue weighted by molar-refractivity contribution is -0.140. The molecule has 1 N–H and O–H groups in total. The van der Waals surface area contributed by atoms with E-state index in [0.29, 0.717) is 18.0 Å². The second-order valence-electron chi connectivity index (χ2n) is 5.59. The minimum Gasteiger partial charge on any atom is -0.300 e. The number of rotatable bonds is 6. The van der Waals surface area contributed by atoms with E-state index < -0.39 is 0 Å². The molecule has 0 spiro atoms. The Balaban J connectivity index is 1.52. The van der Waals surface area contributed by atoms with Crippen LogP contribution in [0.3, 0.4) is 0 Å². The van der Waals surface area contributed by atoms with Crippen molar-refractivity contribution in [1.82, 2.24) is 15.1 Å². The molecule has 1 aliphatic carbocycles. The summed E-state index contributed by atoms with van der Waals surface area (Å²) in [6, 6.07) is 0. The fraction of sp³-hybridized carbons (Fsp3) is 0.533. The molecular weight excluding hydrogens is 348 g/mol. The van der Waals surface area contributed by atoms with Crippen LogP contribution in [0.25, 0.3) is 0 Å². The van der Waals surface area contributed by atoms with Crippen LogP contribution in [0.2, 0.25) is 0 Å². The first-order valence-corrected chi connectivity index (χ1v) is 9.66. The monoisotopic (exact) mass is 366 g/mol. The van der Waals surface area contributed by atoms with E-state index in [0.717, 1.165) is 10.1 Å². The molecule has 2 atom stereocenters. The topological polar surface area (TPSA) is 92.3 Å².